The molecule has 24 heavy (non-hydrogen) atoms. The Labute approximate surface area is 150 Å². The second-order valence-electron chi connectivity index (χ2n) is 6.67. The number of nitrogens with one attached hydrogen (secondary N) is 1. The Hall–Kier alpha value is -1.59. The third-order valence-electron chi connectivity index (χ3n) is 4.36. The summed E-state index contributed by atoms with van der Waals surface area (Å²) in [6.45, 7) is 5.87. The maximum Gasteiger partial charge on any atom is 0.263 e. The quantitative estimate of drug-likeness (QED) is 0.900. The number of piperidine rings is 1. The van der Waals surface area contributed by atoms with E-state index in [9.17, 15) is 9.59 Å². The van der Waals surface area contributed by atoms with Crippen molar-refractivity contribution in [2.75, 3.05) is 19.6 Å². The number of halogens is 1. The van der Waals surface area contributed by atoms with Gasteiger partial charge < -0.3 is 10.2 Å². The highest BCUT2D eigenvalue weighted by Gasteiger charge is 2.26. The molecule has 1 aromatic carbocycles. The van der Waals surface area contributed by atoms with Gasteiger partial charge in [0.05, 0.1) is 11.6 Å². The van der Waals surface area contributed by atoms with Crippen molar-refractivity contribution in [1.29, 1.82) is 0 Å². The molecule has 1 fully saturated rings. The average molecular weight is 365 g/mol. The van der Waals surface area contributed by atoms with Crippen molar-refractivity contribution in [2.24, 2.45) is 11.8 Å². The zero-order chi connectivity index (χ0) is 17.3. The molecule has 1 N–H and O–H groups in total. The Balaban J connectivity index is 1.64. The number of amides is 2. The summed E-state index contributed by atoms with van der Waals surface area (Å²) in [6, 6.07) is 7.64. The van der Waals surface area contributed by atoms with Crippen molar-refractivity contribution in [3.8, 4) is 0 Å². The van der Waals surface area contributed by atoms with Crippen LogP contribution in [0.15, 0.2) is 24.3 Å². The lowest BCUT2D eigenvalue weighted by atomic mass is 9.92. The first-order valence-electron chi connectivity index (χ1n) is 8.18. The zero-order valence-electron chi connectivity index (χ0n) is 13.8. The summed E-state index contributed by atoms with van der Waals surface area (Å²) < 4.78 is 0.970. The molecule has 1 aliphatic rings. The predicted octanol–water partition coefficient (Wildman–Crippen LogP) is 3.79. The minimum atomic E-state index is -0.285. The van der Waals surface area contributed by atoms with Crippen LogP contribution in [0.2, 0.25) is 5.02 Å². The molecule has 128 valence electrons. The first kappa shape index (κ1) is 17.2. The molecule has 2 heterocycles. The maximum atomic E-state index is 12.4. The van der Waals surface area contributed by atoms with Gasteiger partial charge in [0.15, 0.2) is 0 Å². The van der Waals surface area contributed by atoms with Crippen LogP contribution >= 0.6 is 22.9 Å². The number of hydrogen-bond acceptors (Lipinski definition) is 3. The van der Waals surface area contributed by atoms with E-state index >= 15 is 0 Å². The molecule has 0 radical (unpaired) electrons. The topological polar surface area (TPSA) is 49.4 Å². The fourth-order valence-corrected chi connectivity index (χ4v) is 4.81. The molecule has 2 atom stereocenters. The molecule has 0 bridgehead atoms. The van der Waals surface area contributed by atoms with E-state index in [1.807, 2.05) is 29.2 Å². The second kappa shape index (κ2) is 7.11. The van der Waals surface area contributed by atoms with Crippen LogP contribution in [-0.4, -0.2) is 36.3 Å². The van der Waals surface area contributed by atoms with E-state index in [1.54, 1.807) is 0 Å². The largest absolute Gasteiger partial charge is 0.342 e. The van der Waals surface area contributed by atoms with Gasteiger partial charge in [-0.2, -0.15) is 0 Å². The summed E-state index contributed by atoms with van der Waals surface area (Å²) in [5.41, 5.74) is 0. The number of carbonyl (C=O) groups is 2. The van der Waals surface area contributed by atoms with E-state index in [0.29, 0.717) is 21.7 Å². The summed E-state index contributed by atoms with van der Waals surface area (Å²) >= 11 is 7.66. The number of hydrogen-bond donors (Lipinski definition) is 1. The fraction of sp³-hybridized carbons (Fsp3) is 0.444. The number of rotatable bonds is 3. The number of carbonyl (C=O) groups excluding carboxylic acids is 2. The molecule has 1 aromatic heterocycles. The van der Waals surface area contributed by atoms with E-state index < -0.39 is 0 Å². The van der Waals surface area contributed by atoms with Crippen molar-refractivity contribution in [1.82, 2.24) is 10.2 Å². The minimum Gasteiger partial charge on any atom is -0.342 e. The summed E-state index contributed by atoms with van der Waals surface area (Å²) in [5.74, 6) is 0.697. The monoisotopic (exact) mass is 364 g/mol. The first-order chi connectivity index (χ1) is 11.5. The van der Waals surface area contributed by atoms with Gasteiger partial charge in [-0.05, 0) is 24.3 Å². The number of benzene rings is 1. The van der Waals surface area contributed by atoms with Crippen LogP contribution in [0.5, 0.6) is 0 Å². The Morgan fingerprint density at radius 1 is 1.25 bits per heavy atom. The highest BCUT2D eigenvalue weighted by molar-refractivity contribution is 7.21. The predicted molar refractivity (Wildman–Crippen MR) is 98.7 cm³/mol. The lowest BCUT2D eigenvalue weighted by Crippen LogP contribution is -2.46. The van der Waals surface area contributed by atoms with Crippen LogP contribution in [0, 0.1) is 11.8 Å². The molecule has 1 saturated heterocycles. The van der Waals surface area contributed by atoms with Gasteiger partial charge in [0.25, 0.3) is 5.91 Å². The maximum absolute atomic E-state index is 12.4. The molecule has 6 heteroatoms. The Morgan fingerprint density at radius 3 is 2.58 bits per heavy atom. The highest BCUT2D eigenvalue weighted by atomic mass is 35.5. The SMILES string of the molecule is C[C@H]1C[C@H](C)CN(C(=O)CNC(=O)c2sc3ccccc3c2Cl)C1. The lowest BCUT2D eigenvalue weighted by molar-refractivity contribution is -0.132. The number of fused-ring (bicyclic) bond motifs is 1. The molecule has 3 rings (SSSR count). The molecular weight excluding hydrogens is 344 g/mol. The molecule has 0 aliphatic carbocycles. The first-order valence-corrected chi connectivity index (χ1v) is 9.38. The van der Waals surface area contributed by atoms with Crippen molar-refractivity contribution >= 4 is 44.8 Å². The Kier molecular flexibility index (Phi) is 5.11. The van der Waals surface area contributed by atoms with Crippen LogP contribution in [0.3, 0.4) is 0 Å². The standard InChI is InChI=1S/C18H21ClN2O2S/c1-11-7-12(2)10-21(9-11)15(22)8-20-18(23)17-16(19)13-5-3-4-6-14(13)24-17/h3-6,11-12H,7-10H2,1-2H3,(H,20,23)/t11-,12-/m0/s1. The van der Waals surface area contributed by atoms with Crippen LogP contribution in [0.4, 0.5) is 0 Å². The van der Waals surface area contributed by atoms with E-state index in [-0.39, 0.29) is 18.4 Å². The number of likely N-dealkylation sites (tertiary alicyclic amines) is 1. The molecule has 0 saturated carbocycles. The van der Waals surface area contributed by atoms with E-state index in [4.69, 9.17) is 11.6 Å². The highest BCUT2D eigenvalue weighted by Crippen LogP contribution is 2.34. The summed E-state index contributed by atoms with van der Waals surface area (Å²) in [7, 11) is 0. The Morgan fingerprint density at radius 2 is 1.92 bits per heavy atom. The van der Waals surface area contributed by atoms with Crippen molar-refractivity contribution in [2.45, 2.75) is 20.3 Å². The van der Waals surface area contributed by atoms with Crippen LogP contribution in [0.25, 0.3) is 10.1 Å². The van der Waals surface area contributed by atoms with E-state index in [0.717, 1.165) is 29.6 Å². The van der Waals surface area contributed by atoms with Gasteiger partial charge in [-0.3, -0.25) is 9.59 Å². The van der Waals surface area contributed by atoms with Gasteiger partial charge >= 0.3 is 0 Å². The van der Waals surface area contributed by atoms with Crippen LogP contribution in [0.1, 0.15) is 29.9 Å². The van der Waals surface area contributed by atoms with E-state index in [2.05, 4.69) is 19.2 Å². The van der Waals surface area contributed by atoms with Gasteiger partial charge in [0.2, 0.25) is 5.91 Å². The van der Waals surface area contributed by atoms with Crippen molar-refractivity contribution in [3.63, 3.8) is 0 Å². The van der Waals surface area contributed by atoms with Gasteiger partial charge in [-0.15, -0.1) is 11.3 Å². The van der Waals surface area contributed by atoms with Crippen molar-refractivity contribution < 1.29 is 9.59 Å². The molecule has 1 aliphatic heterocycles. The minimum absolute atomic E-state index is 0.0167. The smallest absolute Gasteiger partial charge is 0.263 e. The molecule has 0 spiro atoms. The van der Waals surface area contributed by atoms with Crippen molar-refractivity contribution in [3.05, 3.63) is 34.2 Å². The van der Waals surface area contributed by atoms with Gasteiger partial charge in [-0.1, -0.05) is 43.6 Å². The molecule has 2 amide bonds. The lowest BCUT2D eigenvalue weighted by Gasteiger charge is -2.35. The molecule has 0 unspecified atom stereocenters. The number of thiophene rings is 1. The Bertz CT molecular complexity index is 763. The summed E-state index contributed by atoms with van der Waals surface area (Å²) in [4.78, 5) is 27.1. The molecular formula is C18H21ClN2O2S. The third-order valence-corrected chi connectivity index (χ3v) is 6.04. The molecule has 4 nitrogen and oxygen atoms in total. The fourth-order valence-electron chi connectivity index (χ4n) is 3.37. The second-order valence-corrected chi connectivity index (χ2v) is 8.10. The zero-order valence-corrected chi connectivity index (χ0v) is 15.4. The summed E-state index contributed by atoms with van der Waals surface area (Å²) in [5, 5.41) is 4.06. The van der Waals surface area contributed by atoms with Gasteiger partial charge in [0.1, 0.15) is 4.88 Å². The number of nitrogens with zero attached hydrogens (tertiary/aromatic N) is 1. The normalized spacial score (nSPS) is 21.0. The van der Waals surface area contributed by atoms with Gasteiger partial charge in [0, 0.05) is 23.2 Å². The average Bonchev–Trinajstić information content (AvgIpc) is 2.89. The van der Waals surface area contributed by atoms with E-state index in [1.165, 1.54) is 11.3 Å². The summed E-state index contributed by atoms with van der Waals surface area (Å²) in [6.07, 6.45) is 1.15. The molecule has 2 aromatic rings. The van der Waals surface area contributed by atoms with Crippen LogP contribution in [-0.2, 0) is 4.79 Å². The third kappa shape index (κ3) is 3.57. The van der Waals surface area contributed by atoms with Gasteiger partial charge in [-0.25, -0.2) is 0 Å². The van der Waals surface area contributed by atoms with Crippen LogP contribution < -0.4 is 5.32 Å².